The van der Waals surface area contributed by atoms with Crippen molar-refractivity contribution in [1.82, 2.24) is 5.32 Å². The number of benzene rings is 2. The fourth-order valence-corrected chi connectivity index (χ4v) is 3.43. The number of rotatable bonds is 7. The zero-order valence-corrected chi connectivity index (χ0v) is 17.1. The van der Waals surface area contributed by atoms with Crippen molar-refractivity contribution in [3.63, 3.8) is 0 Å². The third-order valence-electron chi connectivity index (χ3n) is 4.59. The molecule has 0 bridgehead atoms. The highest BCUT2D eigenvalue weighted by molar-refractivity contribution is 6.32. The zero-order chi connectivity index (χ0) is 20.0. The van der Waals surface area contributed by atoms with Crippen LogP contribution in [0.3, 0.4) is 0 Å². The van der Waals surface area contributed by atoms with Crippen LogP contribution in [0.15, 0.2) is 36.4 Å². The van der Waals surface area contributed by atoms with Gasteiger partial charge >= 0.3 is 0 Å². The maximum atomic E-state index is 12.8. The van der Waals surface area contributed by atoms with Crippen LogP contribution >= 0.6 is 11.6 Å². The predicted molar refractivity (Wildman–Crippen MR) is 111 cm³/mol. The second-order valence-corrected chi connectivity index (χ2v) is 7.09. The lowest BCUT2D eigenvalue weighted by molar-refractivity contribution is -0.120. The fraction of sp³-hybridized carbons (Fsp3) is 0.364. The Morgan fingerprint density at radius 2 is 1.70 bits per heavy atom. The number of nitrogens with one attached hydrogen (secondary N) is 2. The largest absolute Gasteiger partial charge is 0.349 e. The molecule has 0 aliphatic carbocycles. The van der Waals surface area contributed by atoms with E-state index in [4.69, 9.17) is 11.6 Å². The summed E-state index contributed by atoms with van der Waals surface area (Å²) in [4.78, 5) is 24.4. The number of hydrogen-bond donors (Lipinski definition) is 2. The maximum absolute atomic E-state index is 12.8. The maximum Gasteiger partial charge on any atom is 0.226 e. The van der Waals surface area contributed by atoms with Crippen LogP contribution in [0.4, 0.5) is 5.69 Å². The molecule has 2 N–H and O–H groups in total. The Bertz CT molecular complexity index is 816. The molecule has 1 unspecified atom stereocenters. The van der Waals surface area contributed by atoms with E-state index in [9.17, 15) is 9.59 Å². The predicted octanol–water partition coefficient (Wildman–Crippen LogP) is 4.98. The summed E-state index contributed by atoms with van der Waals surface area (Å²) in [6.45, 7) is 7.52. The average molecular weight is 387 g/mol. The summed E-state index contributed by atoms with van der Waals surface area (Å²) in [7, 11) is 0. The molecular formula is C22H27ClN2O2. The lowest BCUT2D eigenvalue weighted by Crippen LogP contribution is -2.30. The molecule has 0 heterocycles. The summed E-state index contributed by atoms with van der Waals surface area (Å²) in [5.74, 6) is -0.319. The highest BCUT2D eigenvalue weighted by Crippen LogP contribution is 2.30. The van der Waals surface area contributed by atoms with E-state index in [1.54, 1.807) is 0 Å². The minimum absolute atomic E-state index is 0.152. The molecule has 2 rings (SSSR count). The molecule has 0 aliphatic rings. The van der Waals surface area contributed by atoms with E-state index in [2.05, 4.69) is 10.6 Å². The van der Waals surface area contributed by atoms with Crippen LogP contribution in [0.2, 0.25) is 5.02 Å². The van der Waals surface area contributed by atoms with Crippen molar-refractivity contribution < 1.29 is 9.59 Å². The van der Waals surface area contributed by atoms with Gasteiger partial charge in [-0.05, 0) is 42.5 Å². The van der Waals surface area contributed by atoms with E-state index in [0.29, 0.717) is 5.02 Å². The molecule has 0 saturated carbocycles. The summed E-state index contributed by atoms with van der Waals surface area (Å²) >= 11 is 6.32. The first-order chi connectivity index (χ1) is 12.8. The van der Waals surface area contributed by atoms with E-state index in [-0.39, 0.29) is 24.3 Å². The molecule has 2 aromatic carbocycles. The molecular weight excluding hydrogens is 360 g/mol. The third-order valence-corrected chi connectivity index (χ3v) is 4.94. The van der Waals surface area contributed by atoms with Gasteiger partial charge in [0.2, 0.25) is 11.8 Å². The first-order valence-corrected chi connectivity index (χ1v) is 9.67. The highest BCUT2D eigenvalue weighted by Gasteiger charge is 2.19. The zero-order valence-electron chi connectivity index (χ0n) is 16.4. The average Bonchev–Trinajstić information content (AvgIpc) is 2.62. The number of carbonyl (C=O) groups excluding carboxylic acids is 2. The van der Waals surface area contributed by atoms with Crippen LogP contribution in [-0.2, 0) is 22.4 Å². The van der Waals surface area contributed by atoms with Crippen molar-refractivity contribution >= 4 is 29.1 Å². The number of halogens is 1. The SMILES string of the molecule is CCc1ccc(Cl)c(CC)c1NC(=O)CC(NC(C)=O)c1ccc(C)cc1. The summed E-state index contributed by atoms with van der Waals surface area (Å²) in [5.41, 5.74) is 4.82. The van der Waals surface area contributed by atoms with E-state index in [0.717, 1.165) is 40.8 Å². The molecule has 0 saturated heterocycles. The Morgan fingerprint density at radius 3 is 2.26 bits per heavy atom. The minimum atomic E-state index is -0.377. The molecule has 5 heteroatoms. The molecule has 0 spiro atoms. The van der Waals surface area contributed by atoms with Gasteiger partial charge in [-0.1, -0.05) is 61.3 Å². The van der Waals surface area contributed by atoms with E-state index in [1.165, 1.54) is 6.92 Å². The van der Waals surface area contributed by atoms with Crippen molar-refractivity contribution in [2.75, 3.05) is 5.32 Å². The fourth-order valence-electron chi connectivity index (χ4n) is 3.14. The molecule has 27 heavy (non-hydrogen) atoms. The van der Waals surface area contributed by atoms with Gasteiger partial charge < -0.3 is 10.6 Å². The van der Waals surface area contributed by atoms with Crippen molar-refractivity contribution in [3.05, 3.63) is 63.7 Å². The first kappa shape index (κ1) is 21.0. The molecule has 2 aromatic rings. The Morgan fingerprint density at radius 1 is 1.04 bits per heavy atom. The van der Waals surface area contributed by atoms with Crippen LogP contribution in [-0.4, -0.2) is 11.8 Å². The molecule has 144 valence electrons. The van der Waals surface area contributed by atoms with E-state index in [1.807, 2.05) is 57.2 Å². The Labute approximate surface area is 166 Å². The lowest BCUT2D eigenvalue weighted by Gasteiger charge is -2.20. The van der Waals surface area contributed by atoms with Gasteiger partial charge in [0.25, 0.3) is 0 Å². The number of hydrogen-bond acceptors (Lipinski definition) is 2. The Hall–Kier alpha value is -2.33. The van der Waals surface area contributed by atoms with Crippen molar-refractivity contribution in [2.24, 2.45) is 0 Å². The van der Waals surface area contributed by atoms with Crippen LogP contribution in [0.1, 0.15) is 55.5 Å². The smallest absolute Gasteiger partial charge is 0.226 e. The first-order valence-electron chi connectivity index (χ1n) is 9.29. The monoisotopic (exact) mass is 386 g/mol. The second kappa shape index (κ2) is 9.56. The summed E-state index contributed by atoms with van der Waals surface area (Å²) in [5, 5.41) is 6.56. The molecule has 0 aromatic heterocycles. The van der Waals surface area contributed by atoms with Gasteiger partial charge in [-0.3, -0.25) is 9.59 Å². The van der Waals surface area contributed by atoms with Gasteiger partial charge in [0.05, 0.1) is 12.5 Å². The van der Waals surface area contributed by atoms with Gasteiger partial charge in [0.1, 0.15) is 0 Å². The number of amides is 2. The van der Waals surface area contributed by atoms with Crippen LogP contribution in [0.5, 0.6) is 0 Å². The van der Waals surface area contributed by atoms with Crippen LogP contribution < -0.4 is 10.6 Å². The van der Waals surface area contributed by atoms with Crippen LogP contribution in [0, 0.1) is 6.92 Å². The Kier molecular flexibility index (Phi) is 7.43. The summed E-state index contributed by atoms with van der Waals surface area (Å²) < 4.78 is 0. The third kappa shape index (κ3) is 5.57. The van der Waals surface area contributed by atoms with E-state index >= 15 is 0 Å². The number of carbonyl (C=O) groups is 2. The molecule has 0 radical (unpaired) electrons. The Balaban J connectivity index is 2.25. The quantitative estimate of drug-likeness (QED) is 0.705. The van der Waals surface area contributed by atoms with Gasteiger partial charge in [-0.25, -0.2) is 0 Å². The molecule has 0 fully saturated rings. The van der Waals surface area contributed by atoms with Crippen molar-refractivity contribution in [1.29, 1.82) is 0 Å². The van der Waals surface area contributed by atoms with Crippen molar-refractivity contribution in [2.45, 2.75) is 53.0 Å². The van der Waals surface area contributed by atoms with Gasteiger partial charge in [0.15, 0.2) is 0 Å². The normalized spacial score (nSPS) is 11.7. The van der Waals surface area contributed by atoms with Crippen molar-refractivity contribution in [3.8, 4) is 0 Å². The molecule has 0 aliphatic heterocycles. The topological polar surface area (TPSA) is 58.2 Å². The molecule has 2 amide bonds. The van der Waals surface area contributed by atoms with Gasteiger partial charge in [0, 0.05) is 17.6 Å². The number of anilines is 1. The van der Waals surface area contributed by atoms with Gasteiger partial charge in [-0.2, -0.15) is 0 Å². The van der Waals surface area contributed by atoms with E-state index < -0.39 is 0 Å². The lowest BCUT2D eigenvalue weighted by atomic mass is 10.00. The summed E-state index contributed by atoms with van der Waals surface area (Å²) in [6.07, 6.45) is 1.68. The number of aryl methyl sites for hydroxylation is 2. The standard InChI is InChI=1S/C22H27ClN2O2/c1-5-16-11-12-19(23)18(6-2)22(16)25-21(27)13-20(24-15(4)26)17-9-7-14(3)8-10-17/h7-12,20H,5-6,13H2,1-4H3,(H,24,26)(H,25,27). The molecule has 4 nitrogen and oxygen atoms in total. The molecule has 1 atom stereocenters. The minimum Gasteiger partial charge on any atom is -0.349 e. The summed E-state index contributed by atoms with van der Waals surface area (Å²) in [6, 6.07) is 11.3. The van der Waals surface area contributed by atoms with Gasteiger partial charge in [-0.15, -0.1) is 0 Å². The second-order valence-electron chi connectivity index (χ2n) is 6.68. The van der Waals surface area contributed by atoms with Crippen LogP contribution in [0.25, 0.3) is 0 Å². The highest BCUT2D eigenvalue weighted by atomic mass is 35.5.